The molecule has 0 atom stereocenters. The van der Waals surface area contributed by atoms with E-state index in [9.17, 15) is 18.0 Å². The number of carbonyl (C=O) groups is 1. The van der Waals surface area contributed by atoms with Crippen molar-refractivity contribution in [2.24, 2.45) is 0 Å². The molecule has 21 heavy (non-hydrogen) atoms. The highest BCUT2D eigenvalue weighted by Gasteiger charge is 2.34. The van der Waals surface area contributed by atoms with E-state index in [2.05, 4.69) is 21.2 Å². The average molecular weight is 387 g/mol. The van der Waals surface area contributed by atoms with Gasteiger partial charge < -0.3 is 5.32 Å². The smallest absolute Gasteiger partial charge is 0.345 e. The van der Waals surface area contributed by atoms with Gasteiger partial charge in [0.2, 0.25) is 0 Å². The van der Waals surface area contributed by atoms with E-state index < -0.39 is 23.2 Å². The average Bonchev–Trinajstić information content (AvgIpc) is 2.44. The number of rotatable bonds is 5. The van der Waals surface area contributed by atoms with Crippen molar-refractivity contribution in [3.63, 3.8) is 0 Å². The maximum absolute atomic E-state index is 12.8. The van der Waals surface area contributed by atoms with Crippen LogP contribution in [0.15, 0.2) is 22.7 Å². The Morgan fingerprint density at radius 3 is 2.29 bits per heavy atom. The van der Waals surface area contributed by atoms with Crippen LogP contribution in [0.2, 0.25) is 0 Å². The Bertz CT molecular complexity index is 507. The lowest BCUT2D eigenvalue weighted by atomic mass is 9.94. The molecule has 0 saturated heterocycles. The third-order valence-electron chi connectivity index (χ3n) is 3.52. The molecule has 2 nitrogen and oxygen atoms in total. The maximum atomic E-state index is 12.8. The lowest BCUT2D eigenvalue weighted by molar-refractivity contribution is -0.138. The van der Waals surface area contributed by atoms with Gasteiger partial charge in [-0.3, -0.25) is 4.79 Å². The van der Waals surface area contributed by atoms with Crippen molar-refractivity contribution in [3.8, 4) is 0 Å². The minimum absolute atomic E-state index is 0.0399. The quantitative estimate of drug-likeness (QED) is 0.709. The van der Waals surface area contributed by atoms with Gasteiger partial charge in [-0.05, 0) is 31.0 Å². The molecule has 0 fully saturated rings. The number of amides is 1. The Morgan fingerprint density at radius 1 is 1.29 bits per heavy atom. The SMILES string of the molecule is CCC(CC)(CCl)NC(=O)c1ccc(Br)c(C(F)(F)F)c1. The van der Waals surface area contributed by atoms with Crippen molar-refractivity contribution in [3.05, 3.63) is 33.8 Å². The summed E-state index contributed by atoms with van der Waals surface area (Å²) in [4.78, 5) is 12.2. The number of alkyl halides is 4. The van der Waals surface area contributed by atoms with Gasteiger partial charge in [0.15, 0.2) is 0 Å². The fourth-order valence-corrected chi connectivity index (χ4v) is 2.76. The molecule has 0 heterocycles. The normalized spacial score (nSPS) is 12.3. The number of benzene rings is 1. The Hall–Kier alpha value is -0.750. The fourth-order valence-electron chi connectivity index (χ4n) is 1.85. The Balaban J connectivity index is 3.09. The van der Waals surface area contributed by atoms with Gasteiger partial charge in [0.25, 0.3) is 5.91 Å². The maximum Gasteiger partial charge on any atom is 0.417 e. The molecule has 0 aliphatic carbocycles. The van der Waals surface area contributed by atoms with Gasteiger partial charge in [-0.25, -0.2) is 0 Å². The van der Waals surface area contributed by atoms with Crippen LogP contribution in [0.5, 0.6) is 0 Å². The van der Waals surface area contributed by atoms with Gasteiger partial charge >= 0.3 is 6.18 Å². The lowest BCUT2D eigenvalue weighted by Crippen LogP contribution is -2.49. The van der Waals surface area contributed by atoms with Crippen LogP contribution in [0.25, 0.3) is 0 Å². The van der Waals surface area contributed by atoms with Crippen molar-refractivity contribution in [2.75, 3.05) is 5.88 Å². The summed E-state index contributed by atoms with van der Waals surface area (Å²) in [5, 5.41) is 2.74. The minimum Gasteiger partial charge on any atom is -0.345 e. The topological polar surface area (TPSA) is 29.1 Å². The van der Waals surface area contributed by atoms with Gasteiger partial charge in [0.1, 0.15) is 0 Å². The molecule has 118 valence electrons. The van der Waals surface area contributed by atoms with Gasteiger partial charge in [0, 0.05) is 15.9 Å². The van der Waals surface area contributed by atoms with Gasteiger partial charge in [-0.2, -0.15) is 13.2 Å². The number of hydrogen-bond donors (Lipinski definition) is 1. The highest BCUT2D eigenvalue weighted by molar-refractivity contribution is 9.10. The van der Waals surface area contributed by atoms with Gasteiger partial charge in [0.05, 0.1) is 11.1 Å². The van der Waals surface area contributed by atoms with Crippen molar-refractivity contribution < 1.29 is 18.0 Å². The number of halogens is 5. The molecule has 7 heteroatoms. The van der Waals surface area contributed by atoms with Crippen LogP contribution in [0.3, 0.4) is 0 Å². The van der Waals surface area contributed by atoms with E-state index in [0.29, 0.717) is 12.8 Å². The first-order valence-electron chi connectivity index (χ1n) is 6.44. The molecule has 0 unspecified atom stereocenters. The third-order valence-corrected chi connectivity index (χ3v) is 4.73. The van der Waals surface area contributed by atoms with Gasteiger partial charge in [-0.1, -0.05) is 29.8 Å². The Kier molecular flexibility index (Phi) is 6.11. The molecule has 0 aromatic heterocycles. The third kappa shape index (κ3) is 4.36. The first kappa shape index (κ1) is 18.3. The first-order chi connectivity index (χ1) is 9.69. The summed E-state index contributed by atoms with van der Waals surface area (Å²) in [6, 6.07) is 3.40. The van der Waals surface area contributed by atoms with E-state index in [-0.39, 0.29) is 15.9 Å². The van der Waals surface area contributed by atoms with Crippen molar-refractivity contribution in [1.29, 1.82) is 0 Å². The highest BCUT2D eigenvalue weighted by atomic mass is 79.9. The fraction of sp³-hybridized carbons (Fsp3) is 0.500. The molecule has 1 aromatic rings. The molecule has 0 bridgehead atoms. The summed E-state index contributed by atoms with van der Waals surface area (Å²) >= 11 is 8.73. The summed E-state index contributed by atoms with van der Waals surface area (Å²) in [6.07, 6.45) is -3.32. The number of hydrogen-bond acceptors (Lipinski definition) is 1. The van der Waals surface area contributed by atoms with E-state index in [4.69, 9.17) is 11.6 Å². The minimum atomic E-state index is -4.52. The van der Waals surface area contributed by atoms with Crippen LogP contribution in [0, 0.1) is 0 Å². The second kappa shape index (κ2) is 7.01. The summed E-state index contributed by atoms with van der Waals surface area (Å²) in [6.45, 7) is 3.74. The molecule has 1 amide bonds. The predicted octanol–water partition coefficient (Wildman–Crippen LogP) is 5.00. The molecule has 0 spiro atoms. The second-order valence-electron chi connectivity index (χ2n) is 4.77. The van der Waals surface area contributed by atoms with Crippen LogP contribution in [-0.2, 0) is 6.18 Å². The van der Waals surface area contributed by atoms with Crippen LogP contribution >= 0.6 is 27.5 Å². The zero-order valence-corrected chi connectivity index (χ0v) is 14.0. The first-order valence-corrected chi connectivity index (χ1v) is 7.77. The largest absolute Gasteiger partial charge is 0.417 e. The van der Waals surface area contributed by atoms with E-state index in [0.717, 1.165) is 6.07 Å². The Morgan fingerprint density at radius 2 is 1.86 bits per heavy atom. The molecule has 1 rings (SSSR count). The van der Waals surface area contributed by atoms with E-state index in [1.807, 2.05) is 13.8 Å². The lowest BCUT2D eigenvalue weighted by Gasteiger charge is -2.30. The summed E-state index contributed by atoms with van der Waals surface area (Å²) < 4.78 is 38.4. The van der Waals surface area contributed by atoms with E-state index >= 15 is 0 Å². The summed E-state index contributed by atoms with van der Waals surface area (Å²) in [7, 11) is 0. The highest BCUT2D eigenvalue weighted by Crippen LogP contribution is 2.35. The number of carbonyl (C=O) groups excluding carboxylic acids is 1. The van der Waals surface area contributed by atoms with Gasteiger partial charge in [-0.15, -0.1) is 11.6 Å². The van der Waals surface area contributed by atoms with E-state index in [1.54, 1.807) is 0 Å². The molecule has 0 aliphatic heterocycles. The zero-order chi connectivity index (χ0) is 16.3. The van der Waals surface area contributed by atoms with Crippen LogP contribution in [0.1, 0.15) is 42.6 Å². The predicted molar refractivity (Wildman–Crippen MR) is 80.6 cm³/mol. The van der Waals surface area contributed by atoms with Crippen molar-refractivity contribution in [1.82, 2.24) is 5.32 Å². The number of nitrogens with one attached hydrogen (secondary N) is 1. The molecule has 0 saturated carbocycles. The van der Waals surface area contributed by atoms with Crippen LogP contribution < -0.4 is 5.32 Å². The molecule has 0 aliphatic rings. The molecule has 1 aromatic carbocycles. The molecule has 1 N–H and O–H groups in total. The van der Waals surface area contributed by atoms with Crippen LogP contribution in [0.4, 0.5) is 13.2 Å². The summed E-state index contributed by atoms with van der Waals surface area (Å²) in [5.74, 6) is -0.355. The molecular formula is C14H16BrClF3NO. The summed E-state index contributed by atoms with van der Waals surface area (Å²) in [5.41, 5.74) is -1.52. The van der Waals surface area contributed by atoms with Crippen molar-refractivity contribution in [2.45, 2.75) is 38.4 Å². The molecule has 0 radical (unpaired) electrons. The standard InChI is InChI=1S/C14H16BrClF3NO/c1-3-13(4-2,8-16)20-12(21)9-5-6-11(15)10(7-9)14(17,18)19/h5-7H,3-4,8H2,1-2H3,(H,20,21). The van der Waals surface area contributed by atoms with E-state index in [1.165, 1.54) is 12.1 Å². The Labute approximate surface area is 135 Å². The molecular weight excluding hydrogens is 371 g/mol. The second-order valence-corrected chi connectivity index (χ2v) is 5.89. The monoisotopic (exact) mass is 385 g/mol. The zero-order valence-electron chi connectivity index (χ0n) is 11.7. The van der Waals surface area contributed by atoms with Crippen LogP contribution in [-0.4, -0.2) is 17.3 Å². The van der Waals surface area contributed by atoms with Crippen molar-refractivity contribution >= 4 is 33.4 Å².